The van der Waals surface area contributed by atoms with Gasteiger partial charge in [0.2, 0.25) is 0 Å². The normalized spacial score (nSPS) is 11.1. The van der Waals surface area contributed by atoms with Gasteiger partial charge in [0, 0.05) is 5.69 Å². The van der Waals surface area contributed by atoms with Crippen LogP contribution in [0.3, 0.4) is 0 Å². The van der Waals surface area contributed by atoms with E-state index in [4.69, 9.17) is 5.02 Å². The van der Waals surface area contributed by atoms with Crippen LogP contribution in [0.25, 0.3) is 0 Å². The molecule has 2 N–H and O–H groups in total. The average molecular weight is 233 g/mol. The monoisotopic (exact) mass is 233 g/mol. The van der Waals surface area contributed by atoms with E-state index < -0.39 is 18.8 Å². The standard InChI is InChI=1S/C9H11BF3NO2/c1-10(15)14-6-3-4-8(16-2)7(5-6)9(11,12)13/h3-5,14-15H,1-2H3. The number of hydrogen-bond donors (Lipinski definition) is 2. The Morgan fingerprint density at radius 2 is 2.00 bits per heavy atom. The first kappa shape index (κ1) is 12.7. The van der Waals surface area contributed by atoms with E-state index >= 15 is 0 Å². The number of benzene rings is 1. The Morgan fingerprint density at radius 3 is 2.44 bits per heavy atom. The number of nitrogens with one attached hydrogen (secondary N) is 1. The van der Waals surface area contributed by atoms with Gasteiger partial charge in [0.05, 0.1) is 12.7 Å². The lowest BCUT2D eigenvalue weighted by atomic mass is 9.88. The predicted octanol–water partition coefficient (Wildman–Crippen LogP) is 2.24. The van der Waals surface area contributed by atoms with E-state index in [1.807, 2.05) is 0 Å². The van der Waals surface area contributed by atoms with E-state index in [2.05, 4.69) is 9.96 Å². The molecule has 3 nitrogen and oxygen atoms in total. The van der Waals surface area contributed by atoms with Gasteiger partial charge in [0.1, 0.15) is 5.75 Å². The molecular formula is C9H11BF3NO2. The van der Waals surface area contributed by atoms with E-state index in [9.17, 15) is 13.2 Å². The van der Waals surface area contributed by atoms with Crippen LogP contribution in [0.2, 0.25) is 6.82 Å². The molecule has 1 rings (SSSR count). The van der Waals surface area contributed by atoms with Crippen molar-refractivity contribution in [2.75, 3.05) is 12.3 Å². The van der Waals surface area contributed by atoms with Crippen LogP contribution in [0.15, 0.2) is 18.2 Å². The van der Waals surface area contributed by atoms with Crippen LogP contribution in [0.5, 0.6) is 5.75 Å². The average Bonchev–Trinajstić information content (AvgIpc) is 2.15. The SMILES string of the molecule is COc1ccc(NB(C)O)cc1C(F)(F)F. The summed E-state index contributed by atoms with van der Waals surface area (Å²) in [7, 11) is 0.251. The summed E-state index contributed by atoms with van der Waals surface area (Å²) in [5.74, 6) is -0.247. The zero-order valence-electron chi connectivity index (χ0n) is 8.80. The van der Waals surface area contributed by atoms with Crippen molar-refractivity contribution in [1.82, 2.24) is 0 Å². The zero-order chi connectivity index (χ0) is 12.3. The Bertz CT molecular complexity index is 368. The summed E-state index contributed by atoms with van der Waals surface area (Å²) in [6.45, 7) is 1.41. The minimum atomic E-state index is -4.48. The number of halogens is 3. The van der Waals surface area contributed by atoms with Crippen LogP contribution >= 0.6 is 0 Å². The summed E-state index contributed by atoms with van der Waals surface area (Å²) in [5, 5.41) is 11.5. The fourth-order valence-electron chi connectivity index (χ4n) is 1.26. The summed E-state index contributed by atoms with van der Waals surface area (Å²) in [6.07, 6.45) is -4.48. The first-order chi connectivity index (χ1) is 7.34. The highest BCUT2D eigenvalue weighted by Crippen LogP contribution is 2.37. The van der Waals surface area contributed by atoms with E-state index in [0.29, 0.717) is 0 Å². The maximum Gasteiger partial charge on any atom is 0.420 e. The molecular weight excluding hydrogens is 222 g/mol. The van der Waals surface area contributed by atoms with Gasteiger partial charge in [0.15, 0.2) is 0 Å². The molecule has 0 aliphatic rings. The minimum Gasteiger partial charge on any atom is -0.496 e. The second-order valence-corrected chi connectivity index (χ2v) is 3.23. The third kappa shape index (κ3) is 3.06. The Kier molecular flexibility index (Phi) is 3.69. The van der Waals surface area contributed by atoms with Gasteiger partial charge in [0.25, 0.3) is 0 Å². The Morgan fingerprint density at radius 1 is 1.38 bits per heavy atom. The molecule has 0 heterocycles. The highest BCUT2D eigenvalue weighted by atomic mass is 19.4. The molecule has 88 valence electrons. The van der Waals surface area contributed by atoms with Gasteiger partial charge in [-0.05, 0) is 25.0 Å². The molecule has 0 fully saturated rings. The molecule has 0 atom stereocenters. The van der Waals surface area contributed by atoms with Gasteiger partial charge >= 0.3 is 13.2 Å². The van der Waals surface area contributed by atoms with E-state index in [1.165, 1.54) is 26.1 Å². The van der Waals surface area contributed by atoms with Crippen LogP contribution in [-0.4, -0.2) is 19.2 Å². The summed E-state index contributed by atoms with van der Waals surface area (Å²) in [6, 6.07) is 3.50. The lowest BCUT2D eigenvalue weighted by Gasteiger charge is -2.14. The van der Waals surface area contributed by atoms with Crippen molar-refractivity contribution in [1.29, 1.82) is 0 Å². The largest absolute Gasteiger partial charge is 0.496 e. The Hall–Kier alpha value is -1.37. The van der Waals surface area contributed by atoms with Gasteiger partial charge in [-0.3, -0.25) is 0 Å². The van der Waals surface area contributed by atoms with Crippen molar-refractivity contribution in [3.8, 4) is 5.75 Å². The molecule has 0 unspecified atom stereocenters. The molecule has 0 radical (unpaired) electrons. The van der Waals surface area contributed by atoms with Gasteiger partial charge in [-0.25, -0.2) is 0 Å². The Labute approximate surface area is 91.4 Å². The first-order valence-corrected chi connectivity index (χ1v) is 4.54. The maximum atomic E-state index is 12.6. The fourth-order valence-corrected chi connectivity index (χ4v) is 1.26. The van der Waals surface area contributed by atoms with Crippen molar-refractivity contribution in [2.45, 2.75) is 13.0 Å². The molecule has 1 aromatic carbocycles. The maximum absolute atomic E-state index is 12.6. The number of ether oxygens (including phenoxy) is 1. The van der Waals surface area contributed by atoms with Crippen LogP contribution in [0.1, 0.15) is 5.56 Å². The van der Waals surface area contributed by atoms with Crippen molar-refractivity contribution >= 4 is 12.7 Å². The molecule has 0 aliphatic carbocycles. The molecule has 0 saturated carbocycles. The molecule has 0 aromatic heterocycles. The second-order valence-electron chi connectivity index (χ2n) is 3.23. The number of alkyl halides is 3. The molecule has 1 aromatic rings. The third-order valence-corrected chi connectivity index (χ3v) is 1.88. The highest BCUT2D eigenvalue weighted by molar-refractivity contribution is 6.52. The van der Waals surface area contributed by atoms with Crippen LogP contribution in [-0.2, 0) is 6.18 Å². The lowest BCUT2D eigenvalue weighted by molar-refractivity contribution is -0.138. The van der Waals surface area contributed by atoms with E-state index in [-0.39, 0.29) is 11.4 Å². The van der Waals surface area contributed by atoms with Crippen molar-refractivity contribution in [3.63, 3.8) is 0 Å². The van der Waals surface area contributed by atoms with Gasteiger partial charge in [-0.1, -0.05) is 0 Å². The zero-order valence-corrected chi connectivity index (χ0v) is 8.80. The minimum absolute atomic E-state index is 0.183. The van der Waals surface area contributed by atoms with E-state index in [1.54, 1.807) is 0 Å². The predicted molar refractivity (Wildman–Crippen MR) is 55.5 cm³/mol. The van der Waals surface area contributed by atoms with Crippen molar-refractivity contribution in [2.24, 2.45) is 0 Å². The van der Waals surface area contributed by atoms with Crippen molar-refractivity contribution in [3.05, 3.63) is 23.8 Å². The van der Waals surface area contributed by atoms with Crippen LogP contribution in [0.4, 0.5) is 18.9 Å². The molecule has 16 heavy (non-hydrogen) atoms. The molecule has 0 spiro atoms. The number of hydrogen-bond acceptors (Lipinski definition) is 3. The second kappa shape index (κ2) is 4.65. The summed E-state index contributed by atoms with van der Waals surface area (Å²) in [4.78, 5) is 0. The number of methoxy groups -OCH3 is 1. The third-order valence-electron chi connectivity index (χ3n) is 1.88. The first-order valence-electron chi connectivity index (χ1n) is 4.54. The molecule has 0 aliphatic heterocycles. The van der Waals surface area contributed by atoms with Gasteiger partial charge < -0.3 is 15.0 Å². The summed E-state index contributed by atoms with van der Waals surface area (Å²) < 4.78 is 42.4. The van der Waals surface area contributed by atoms with Gasteiger partial charge in [-0.2, -0.15) is 13.2 Å². The van der Waals surface area contributed by atoms with Crippen LogP contribution < -0.4 is 9.96 Å². The topological polar surface area (TPSA) is 41.5 Å². The smallest absolute Gasteiger partial charge is 0.420 e. The fraction of sp³-hybridized carbons (Fsp3) is 0.333. The van der Waals surface area contributed by atoms with Gasteiger partial charge in [-0.15, -0.1) is 0 Å². The molecule has 0 amide bonds. The lowest BCUT2D eigenvalue weighted by Crippen LogP contribution is -2.20. The highest BCUT2D eigenvalue weighted by Gasteiger charge is 2.34. The molecule has 7 heteroatoms. The summed E-state index contributed by atoms with van der Waals surface area (Å²) >= 11 is 0. The summed E-state index contributed by atoms with van der Waals surface area (Å²) in [5.41, 5.74) is -0.691. The van der Waals surface area contributed by atoms with Crippen LogP contribution in [0, 0.1) is 0 Å². The van der Waals surface area contributed by atoms with Crippen molar-refractivity contribution < 1.29 is 22.9 Å². The Balaban J connectivity index is 3.12. The molecule has 0 bridgehead atoms. The quantitative estimate of drug-likeness (QED) is 0.786. The number of anilines is 1. The van der Waals surface area contributed by atoms with E-state index in [0.717, 1.165) is 6.07 Å². The molecule has 0 saturated heterocycles. The number of rotatable bonds is 3.